The summed E-state index contributed by atoms with van der Waals surface area (Å²) < 4.78 is 6.67. The molecule has 2 unspecified atom stereocenters. The SMILES string of the molecule is CCCC(C)C(NC)c1cc(Br)c(C)cc1OC. The number of methoxy groups -OCH3 is 1. The van der Waals surface area contributed by atoms with Gasteiger partial charge in [-0.25, -0.2) is 0 Å². The molecule has 0 aliphatic heterocycles. The van der Waals surface area contributed by atoms with Crippen molar-refractivity contribution in [2.75, 3.05) is 14.2 Å². The molecule has 0 radical (unpaired) electrons. The second kappa shape index (κ2) is 7.15. The Morgan fingerprint density at radius 3 is 2.56 bits per heavy atom. The van der Waals surface area contributed by atoms with Crippen LogP contribution in [0.3, 0.4) is 0 Å². The molecular weight excluding hydrogens is 290 g/mol. The maximum Gasteiger partial charge on any atom is 0.123 e. The van der Waals surface area contributed by atoms with Gasteiger partial charge in [-0.15, -0.1) is 0 Å². The van der Waals surface area contributed by atoms with Crippen molar-refractivity contribution in [1.29, 1.82) is 0 Å². The summed E-state index contributed by atoms with van der Waals surface area (Å²) in [4.78, 5) is 0. The van der Waals surface area contributed by atoms with Crippen LogP contribution in [0.2, 0.25) is 0 Å². The maximum atomic E-state index is 5.53. The van der Waals surface area contributed by atoms with Gasteiger partial charge in [0.25, 0.3) is 0 Å². The molecule has 0 saturated carbocycles. The topological polar surface area (TPSA) is 21.3 Å². The van der Waals surface area contributed by atoms with E-state index in [1.54, 1.807) is 7.11 Å². The molecular formula is C15H24BrNO. The van der Waals surface area contributed by atoms with Gasteiger partial charge in [0.15, 0.2) is 0 Å². The third-order valence-corrected chi connectivity index (χ3v) is 4.32. The maximum absolute atomic E-state index is 5.53. The van der Waals surface area contributed by atoms with Crippen molar-refractivity contribution < 1.29 is 4.74 Å². The summed E-state index contributed by atoms with van der Waals surface area (Å²) >= 11 is 3.61. The number of halogens is 1. The summed E-state index contributed by atoms with van der Waals surface area (Å²) in [5.74, 6) is 1.56. The average molecular weight is 314 g/mol. The van der Waals surface area contributed by atoms with Gasteiger partial charge in [-0.3, -0.25) is 0 Å². The van der Waals surface area contributed by atoms with E-state index in [0.717, 1.165) is 10.2 Å². The van der Waals surface area contributed by atoms with Crippen LogP contribution in [0.25, 0.3) is 0 Å². The molecule has 0 aliphatic rings. The van der Waals surface area contributed by atoms with Crippen LogP contribution in [0, 0.1) is 12.8 Å². The van der Waals surface area contributed by atoms with Crippen LogP contribution in [0.15, 0.2) is 16.6 Å². The molecule has 1 aromatic carbocycles. The number of benzene rings is 1. The number of ether oxygens (including phenoxy) is 1. The number of rotatable bonds is 6. The first-order valence-electron chi connectivity index (χ1n) is 6.56. The van der Waals surface area contributed by atoms with E-state index < -0.39 is 0 Å². The Morgan fingerprint density at radius 2 is 2.06 bits per heavy atom. The van der Waals surface area contributed by atoms with Gasteiger partial charge in [-0.05, 0) is 44.0 Å². The summed E-state index contributed by atoms with van der Waals surface area (Å²) in [6.07, 6.45) is 2.41. The second-order valence-electron chi connectivity index (χ2n) is 4.88. The highest BCUT2D eigenvalue weighted by Crippen LogP contribution is 2.35. The molecule has 0 amide bonds. The predicted molar refractivity (Wildman–Crippen MR) is 81.3 cm³/mol. The van der Waals surface area contributed by atoms with E-state index in [1.165, 1.54) is 24.0 Å². The quantitative estimate of drug-likeness (QED) is 0.837. The lowest BCUT2D eigenvalue weighted by molar-refractivity contribution is 0.356. The minimum absolute atomic E-state index is 0.330. The van der Waals surface area contributed by atoms with Crippen molar-refractivity contribution in [2.24, 2.45) is 5.92 Å². The van der Waals surface area contributed by atoms with Crippen molar-refractivity contribution in [1.82, 2.24) is 5.32 Å². The standard InChI is InChI=1S/C15H24BrNO/c1-6-7-10(2)15(17-4)12-9-13(16)11(3)8-14(12)18-5/h8-10,15,17H,6-7H2,1-5H3. The van der Waals surface area contributed by atoms with E-state index in [9.17, 15) is 0 Å². The van der Waals surface area contributed by atoms with E-state index in [1.807, 2.05) is 7.05 Å². The lowest BCUT2D eigenvalue weighted by atomic mass is 9.90. The van der Waals surface area contributed by atoms with Crippen LogP contribution >= 0.6 is 15.9 Å². The fourth-order valence-electron chi connectivity index (χ4n) is 2.46. The van der Waals surface area contributed by atoms with Crippen molar-refractivity contribution >= 4 is 15.9 Å². The summed E-state index contributed by atoms with van der Waals surface area (Å²) in [5.41, 5.74) is 2.44. The van der Waals surface area contributed by atoms with E-state index in [-0.39, 0.29) is 0 Å². The first kappa shape index (κ1) is 15.5. The van der Waals surface area contributed by atoms with Gasteiger partial charge in [0.1, 0.15) is 5.75 Å². The lowest BCUT2D eigenvalue weighted by Crippen LogP contribution is -2.24. The van der Waals surface area contributed by atoms with Crippen molar-refractivity contribution in [3.63, 3.8) is 0 Å². The molecule has 0 saturated heterocycles. The van der Waals surface area contributed by atoms with E-state index in [4.69, 9.17) is 4.74 Å². The van der Waals surface area contributed by atoms with Crippen LogP contribution in [0.5, 0.6) is 5.75 Å². The molecule has 3 heteroatoms. The van der Waals surface area contributed by atoms with Gasteiger partial charge in [0.05, 0.1) is 7.11 Å². The fourth-order valence-corrected chi connectivity index (χ4v) is 2.82. The molecule has 1 rings (SSSR count). The average Bonchev–Trinajstić information content (AvgIpc) is 2.34. The molecule has 2 nitrogen and oxygen atoms in total. The van der Waals surface area contributed by atoms with Gasteiger partial charge < -0.3 is 10.1 Å². The highest BCUT2D eigenvalue weighted by molar-refractivity contribution is 9.10. The highest BCUT2D eigenvalue weighted by atomic mass is 79.9. The number of hydrogen-bond acceptors (Lipinski definition) is 2. The normalized spacial score (nSPS) is 14.3. The zero-order valence-electron chi connectivity index (χ0n) is 12.0. The molecule has 0 fully saturated rings. The molecule has 0 aromatic heterocycles. The first-order chi connectivity index (χ1) is 8.54. The highest BCUT2D eigenvalue weighted by Gasteiger charge is 2.21. The van der Waals surface area contributed by atoms with E-state index in [0.29, 0.717) is 12.0 Å². The van der Waals surface area contributed by atoms with Gasteiger partial charge in [-0.2, -0.15) is 0 Å². The van der Waals surface area contributed by atoms with Gasteiger partial charge in [0.2, 0.25) is 0 Å². The molecule has 1 aromatic rings. The summed E-state index contributed by atoms with van der Waals surface area (Å²) in [6, 6.07) is 4.61. The minimum Gasteiger partial charge on any atom is -0.496 e. The van der Waals surface area contributed by atoms with Gasteiger partial charge in [-0.1, -0.05) is 36.2 Å². The minimum atomic E-state index is 0.330. The molecule has 18 heavy (non-hydrogen) atoms. The Morgan fingerprint density at radius 1 is 1.39 bits per heavy atom. The van der Waals surface area contributed by atoms with Crippen LogP contribution in [-0.2, 0) is 0 Å². The second-order valence-corrected chi connectivity index (χ2v) is 5.73. The Labute approximate surface area is 119 Å². The smallest absolute Gasteiger partial charge is 0.123 e. The predicted octanol–water partition coefficient (Wildman–Crippen LogP) is 4.46. The number of aryl methyl sites for hydroxylation is 1. The Kier molecular flexibility index (Phi) is 6.16. The number of nitrogens with one attached hydrogen (secondary N) is 1. The first-order valence-corrected chi connectivity index (χ1v) is 7.35. The van der Waals surface area contributed by atoms with E-state index >= 15 is 0 Å². The third kappa shape index (κ3) is 3.48. The van der Waals surface area contributed by atoms with Crippen LogP contribution in [-0.4, -0.2) is 14.2 Å². The number of hydrogen-bond donors (Lipinski definition) is 1. The van der Waals surface area contributed by atoms with Crippen LogP contribution < -0.4 is 10.1 Å². The molecule has 102 valence electrons. The Balaban J connectivity index is 3.15. The monoisotopic (exact) mass is 313 g/mol. The molecule has 0 aliphatic carbocycles. The summed E-state index contributed by atoms with van der Waals surface area (Å²) in [7, 11) is 3.76. The van der Waals surface area contributed by atoms with Crippen molar-refractivity contribution in [2.45, 2.75) is 39.7 Å². The molecule has 1 N–H and O–H groups in total. The molecule has 2 atom stereocenters. The Hall–Kier alpha value is -0.540. The third-order valence-electron chi connectivity index (χ3n) is 3.47. The fraction of sp³-hybridized carbons (Fsp3) is 0.600. The molecule has 0 spiro atoms. The zero-order chi connectivity index (χ0) is 13.7. The van der Waals surface area contributed by atoms with Gasteiger partial charge >= 0.3 is 0 Å². The zero-order valence-corrected chi connectivity index (χ0v) is 13.6. The van der Waals surface area contributed by atoms with Gasteiger partial charge in [0, 0.05) is 16.1 Å². The molecule has 0 heterocycles. The lowest BCUT2D eigenvalue weighted by Gasteiger charge is -2.26. The molecule has 0 bridgehead atoms. The van der Waals surface area contributed by atoms with Crippen molar-refractivity contribution in [3.8, 4) is 5.75 Å². The summed E-state index contributed by atoms with van der Waals surface area (Å²) in [6.45, 7) is 6.60. The van der Waals surface area contributed by atoms with Crippen LogP contribution in [0.4, 0.5) is 0 Å². The summed E-state index contributed by atoms with van der Waals surface area (Å²) in [5, 5.41) is 3.42. The Bertz CT molecular complexity index is 392. The largest absolute Gasteiger partial charge is 0.496 e. The van der Waals surface area contributed by atoms with Crippen molar-refractivity contribution in [3.05, 3.63) is 27.7 Å². The van der Waals surface area contributed by atoms with Crippen LogP contribution in [0.1, 0.15) is 43.9 Å². The van der Waals surface area contributed by atoms with E-state index in [2.05, 4.69) is 54.2 Å².